The van der Waals surface area contributed by atoms with Crippen LogP contribution in [0, 0.1) is 5.92 Å². The molecule has 1 aromatic rings. The van der Waals surface area contributed by atoms with E-state index in [0.717, 1.165) is 0 Å². The van der Waals surface area contributed by atoms with Crippen LogP contribution < -0.4 is 5.73 Å². The summed E-state index contributed by atoms with van der Waals surface area (Å²) in [6.07, 6.45) is -7.31. The Morgan fingerprint density at radius 2 is 1.70 bits per heavy atom. The van der Waals surface area contributed by atoms with Crippen molar-refractivity contribution in [2.75, 3.05) is 0 Å². The van der Waals surface area contributed by atoms with E-state index in [2.05, 4.69) is 4.74 Å². The predicted octanol–water partition coefficient (Wildman–Crippen LogP) is 1.48. The van der Waals surface area contributed by atoms with E-state index < -0.39 is 47.9 Å². The van der Waals surface area contributed by atoms with E-state index in [4.69, 9.17) is 15.2 Å². The second kappa shape index (κ2) is 7.55. The number of nitrogens with two attached hydrogens (primary N) is 1. The van der Waals surface area contributed by atoms with Gasteiger partial charge >= 0.3 is 24.1 Å². The first-order chi connectivity index (χ1) is 12.4. The van der Waals surface area contributed by atoms with Crippen molar-refractivity contribution in [3.8, 4) is 0 Å². The summed E-state index contributed by atoms with van der Waals surface area (Å²) in [5, 5.41) is 0. The Morgan fingerprint density at radius 1 is 1.19 bits per heavy atom. The minimum absolute atomic E-state index is 0.0584. The van der Waals surface area contributed by atoms with Gasteiger partial charge in [0.1, 0.15) is 6.10 Å². The van der Waals surface area contributed by atoms with Crippen LogP contribution in [0.4, 0.5) is 13.2 Å². The number of halogens is 3. The first-order valence-electron chi connectivity index (χ1n) is 7.94. The largest absolute Gasteiger partial charge is 0.490 e. The molecule has 1 saturated heterocycles. The highest BCUT2D eigenvalue weighted by Gasteiger charge is 2.53. The third-order valence-corrected chi connectivity index (χ3v) is 3.74. The van der Waals surface area contributed by atoms with Crippen molar-refractivity contribution >= 4 is 17.9 Å². The second-order valence-electron chi connectivity index (χ2n) is 6.44. The van der Waals surface area contributed by atoms with E-state index in [1.54, 1.807) is 30.3 Å². The molecule has 7 nitrogen and oxygen atoms in total. The molecule has 0 radical (unpaired) electrons. The summed E-state index contributed by atoms with van der Waals surface area (Å²) >= 11 is 0. The molecule has 2 atom stereocenters. The van der Waals surface area contributed by atoms with Crippen molar-refractivity contribution in [3.63, 3.8) is 0 Å². The van der Waals surface area contributed by atoms with Crippen LogP contribution in [0.2, 0.25) is 0 Å². The van der Waals surface area contributed by atoms with Gasteiger partial charge in [0.05, 0.1) is 0 Å². The molecule has 2 rings (SSSR count). The standard InChI is InChI=1S/C17H18F3NO6/c1-16(2)26-13(22)11(14(23)27-16)12(25-15(24)17(18,19)20)10(21)8-9-6-4-3-5-7-9/h3-7,10-12H,8,21H2,1-2H3/t10-,12?/m1/s1. The number of cyclic esters (lactones) is 2. The first-order valence-corrected chi connectivity index (χ1v) is 7.94. The number of hydrogen-bond donors (Lipinski definition) is 1. The zero-order chi connectivity index (χ0) is 20.4. The molecule has 0 aliphatic carbocycles. The molecule has 1 aromatic carbocycles. The molecule has 0 aromatic heterocycles. The molecule has 148 valence electrons. The molecule has 0 amide bonds. The van der Waals surface area contributed by atoms with Gasteiger partial charge < -0.3 is 19.9 Å². The number of hydrogen-bond acceptors (Lipinski definition) is 7. The summed E-state index contributed by atoms with van der Waals surface area (Å²) < 4.78 is 52.1. The Balaban J connectivity index is 2.30. The Labute approximate surface area is 152 Å². The van der Waals surface area contributed by atoms with Crippen molar-refractivity contribution in [2.45, 2.75) is 44.4 Å². The van der Waals surface area contributed by atoms with Gasteiger partial charge in [-0.15, -0.1) is 0 Å². The van der Waals surface area contributed by atoms with E-state index in [0.29, 0.717) is 5.56 Å². The lowest BCUT2D eigenvalue weighted by Gasteiger charge is -2.37. The van der Waals surface area contributed by atoms with Gasteiger partial charge in [-0.1, -0.05) is 30.3 Å². The Hall–Kier alpha value is -2.62. The second-order valence-corrected chi connectivity index (χ2v) is 6.44. The SMILES string of the molecule is CC1(C)OC(=O)C(C(OC(=O)C(F)(F)F)[C@H](N)Cc2ccccc2)C(=O)O1. The maximum Gasteiger partial charge on any atom is 0.490 e. The number of alkyl halides is 3. The number of esters is 3. The lowest BCUT2D eigenvalue weighted by atomic mass is 9.91. The third-order valence-electron chi connectivity index (χ3n) is 3.74. The minimum Gasteiger partial charge on any atom is -0.452 e. The monoisotopic (exact) mass is 389 g/mol. The minimum atomic E-state index is -5.33. The Bertz CT molecular complexity index is 699. The summed E-state index contributed by atoms with van der Waals surface area (Å²) in [7, 11) is 0. The lowest BCUT2D eigenvalue weighted by molar-refractivity contribution is -0.248. The molecule has 10 heteroatoms. The van der Waals surface area contributed by atoms with Crippen LogP contribution in [0.3, 0.4) is 0 Å². The number of rotatable bonds is 5. The van der Waals surface area contributed by atoms with Crippen LogP contribution in [0.1, 0.15) is 19.4 Å². The predicted molar refractivity (Wildman–Crippen MR) is 83.8 cm³/mol. The summed E-state index contributed by atoms with van der Waals surface area (Å²) in [5.74, 6) is -8.45. The fraction of sp³-hybridized carbons (Fsp3) is 0.471. The molecule has 1 fully saturated rings. The van der Waals surface area contributed by atoms with Crippen LogP contribution >= 0.6 is 0 Å². The van der Waals surface area contributed by atoms with Crippen molar-refractivity contribution < 1.29 is 41.8 Å². The quantitative estimate of drug-likeness (QED) is 0.601. The molecule has 1 unspecified atom stereocenters. The normalized spacial score (nSPS) is 19.6. The van der Waals surface area contributed by atoms with Crippen LogP contribution in [-0.4, -0.2) is 42.0 Å². The van der Waals surface area contributed by atoms with Crippen molar-refractivity contribution in [2.24, 2.45) is 11.7 Å². The molecule has 0 spiro atoms. The van der Waals surface area contributed by atoms with Gasteiger partial charge in [0, 0.05) is 19.9 Å². The topological polar surface area (TPSA) is 105 Å². The molecule has 1 aliphatic heterocycles. The number of ether oxygens (including phenoxy) is 3. The number of carbonyl (C=O) groups excluding carboxylic acids is 3. The van der Waals surface area contributed by atoms with Crippen LogP contribution in [0.15, 0.2) is 30.3 Å². The zero-order valence-corrected chi connectivity index (χ0v) is 14.5. The van der Waals surface area contributed by atoms with Gasteiger partial charge in [-0.25, -0.2) is 4.79 Å². The number of carbonyl (C=O) groups is 3. The fourth-order valence-electron chi connectivity index (χ4n) is 2.59. The molecule has 1 heterocycles. The highest BCUT2D eigenvalue weighted by molar-refractivity contribution is 5.97. The van der Waals surface area contributed by atoms with Crippen LogP contribution in [-0.2, 0) is 35.0 Å². The Morgan fingerprint density at radius 3 is 2.19 bits per heavy atom. The van der Waals surface area contributed by atoms with Crippen LogP contribution in [0.25, 0.3) is 0 Å². The summed E-state index contributed by atoms with van der Waals surface area (Å²) in [6.45, 7) is 2.55. The molecule has 1 aliphatic rings. The Kier molecular flexibility index (Phi) is 5.79. The van der Waals surface area contributed by atoms with Crippen molar-refractivity contribution in [1.29, 1.82) is 0 Å². The lowest BCUT2D eigenvalue weighted by Crippen LogP contribution is -2.57. The van der Waals surface area contributed by atoms with E-state index >= 15 is 0 Å². The van der Waals surface area contributed by atoms with E-state index in [1.165, 1.54) is 13.8 Å². The smallest absolute Gasteiger partial charge is 0.452 e. The maximum atomic E-state index is 12.6. The van der Waals surface area contributed by atoms with Gasteiger partial charge in [0.2, 0.25) is 0 Å². The van der Waals surface area contributed by atoms with Crippen molar-refractivity contribution in [1.82, 2.24) is 0 Å². The van der Waals surface area contributed by atoms with E-state index in [1.807, 2.05) is 0 Å². The van der Waals surface area contributed by atoms with Crippen LogP contribution in [0.5, 0.6) is 0 Å². The molecule has 27 heavy (non-hydrogen) atoms. The van der Waals surface area contributed by atoms with Gasteiger partial charge in [-0.05, 0) is 12.0 Å². The molecular weight excluding hydrogens is 371 g/mol. The first kappa shape index (κ1) is 20.7. The fourth-order valence-corrected chi connectivity index (χ4v) is 2.59. The van der Waals surface area contributed by atoms with Gasteiger partial charge in [0.25, 0.3) is 5.79 Å². The average molecular weight is 389 g/mol. The van der Waals surface area contributed by atoms with E-state index in [9.17, 15) is 27.6 Å². The summed E-state index contributed by atoms with van der Waals surface area (Å²) in [6, 6.07) is 7.04. The average Bonchev–Trinajstić information content (AvgIpc) is 2.51. The zero-order valence-electron chi connectivity index (χ0n) is 14.5. The third kappa shape index (κ3) is 5.19. The van der Waals surface area contributed by atoms with Gasteiger partial charge in [0.15, 0.2) is 5.92 Å². The van der Waals surface area contributed by atoms with Gasteiger partial charge in [-0.2, -0.15) is 13.2 Å². The van der Waals surface area contributed by atoms with Crippen molar-refractivity contribution in [3.05, 3.63) is 35.9 Å². The maximum absolute atomic E-state index is 12.6. The highest BCUT2D eigenvalue weighted by atomic mass is 19.4. The summed E-state index contributed by atoms with van der Waals surface area (Å²) in [4.78, 5) is 35.7. The number of benzene rings is 1. The molecule has 2 N–H and O–H groups in total. The van der Waals surface area contributed by atoms with Gasteiger partial charge in [-0.3, -0.25) is 9.59 Å². The molecule has 0 bridgehead atoms. The summed E-state index contributed by atoms with van der Waals surface area (Å²) in [5.41, 5.74) is 6.51. The van der Waals surface area contributed by atoms with E-state index in [-0.39, 0.29) is 6.42 Å². The molecule has 0 saturated carbocycles. The molecular formula is C17H18F3NO6. The highest BCUT2D eigenvalue weighted by Crippen LogP contribution is 2.29.